The fourth-order valence-corrected chi connectivity index (χ4v) is 7.38. The number of anilines is 1. The molecule has 0 aliphatic carbocycles. The number of alkyl halides is 6. The molecule has 2 aliphatic rings. The molecule has 1 aromatic carbocycles. The molecule has 0 spiro atoms. The van der Waals surface area contributed by atoms with Gasteiger partial charge in [-0.05, 0) is 24.1 Å². The lowest BCUT2D eigenvalue weighted by atomic mass is 10.1. The van der Waals surface area contributed by atoms with Crippen LogP contribution in [0.15, 0.2) is 23.2 Å². The number of nitrogens with zero attached hydrogens (tertiary/aromatic N) is 2. The van der Waals surface area contributed by atoms with Crippen molar-refractivity contribution in [2.75, 3.05) is 16.4 Å². The molecule has 2 atom stereocenters. The number of carbonyl (C=O) groups excluding carboxylic acids is 1. The average molecular weight is 488 g/mol. The van der Waals surface area contributed by atoms with Crippen molar-refractivity contribution >= 4 is 38.4 Å². The number of sulfone groups is 1. The fraction of sp³-hybridized carbons (Fsp3) is 0.556. The van der Waals surface area contributed by atoms with Gasteiger partial charge in [0.25, 0.3) is 0 Å². The monoisotopic (exact) mass is 488 g/mol. The van der Waals surface area contributed by atoms with Crippen molar-refractivity contribution in [3.8, 4) is 0 Å². The van der Waals surface area contributed by atoms with Crippen LogP contribution in [0, 0.1) is 5.92 Å². The number of rotatable bonds is 3. The molecular weight excluding hydrogens is 470 g/mol. The van der Waals surface area contributed by atoms with Crippen molar-refractivity contribution in [1.29, 1.82) is 0 Å². The summed E-state index contributed by atoms with van der Waals surface area (Å²) in [6.07, 6.45) is -10.1. The average Bonchev–Trinajstić information content (AvgIpc) is 3.02. The highest BCUT2D eigenvalue weighted by atomic mass is 32.2. The summed E-state index contributed by atoms with van der Waals surface area (Å²) in [5, 5.41) is -0.748. The molecule has 1 aromatic rings. The number of halogens is 6. The molecule has 3 rings (SSSR count). The van der Waals surface area contributed by atoms with Crippen LogP contribution in [0.25, 0.3) is 0 Å². The van der Waals surface area contributed by atoms with Gasteiger partial charge in [0.1, 0.15) is 0 Å². The molecule has 2 aliphatic heterocycles. The van der Waals surface area contributed by atoms with Gasteiger partial charge in [-0.3, -0.25) is 4.79 Å². The Morgan fingerprint density at radius 3 is 2.13 bits per heavy atom. The third kappa shape index (κ3) is 5.36. The number of carbonyl (C=O) groups is 1. The summed E-state index contributed by atoms with van der Waals surface area (Å²) in [7, 11) is -3.54. The first-order valence-electron chi connectivity index (χ1n) is 9.14. The van der Waals surface area contributed by atoms with E-state index in [1.165, 1.54) is 0 Å². The Balaban J connectivity index is 2.15. The Hall–Kier alpha value is -1.76. The molecule has 0 N–H and O–H groups in total. The van der Waals surface area contributed by atoms with Crippen LogP contribution in [0.1, 0.15) is 31.4 Å². The molecule has 1 amide bonds. The second-order valence-corrected chi connectivity index (χ2v) is 11.2. The van der Waals surface area contributed by atoms with Crippen LogP contribution in [0.2, 0.25) is 0 Å². The Morgan fingerprint density at radius 2 is 1.65 bits per heavy atom. The normalized spacial score (nSPS) is 24.8. The van der Waals surface area contributed by atoms with Gasteiger partial charge >= 0.3 is 12.4 Å². The van der Waals surface area contributed by atoms with E-state index in [4.69, 9.17) is 0 Å². The quantitative estimate of drug-likeness (QED) is 0.592. The summed E-state index contributed by atoms with van der Waals surface area (Å²) in [4.78, 5) is 17.1. The lowest BCUT2D eigenvalue weighted by molar-refractivity contribution is -0.143. The van der Waals surface area contributed by atoms with Crippen molar-refractivity contribution in [2.45, 2.75) is 43.9 Å². The van der Waals surface area contributed by atoms with Gasteiger partial charge in [0.15, 0.2) is 15.0 Å². The second-order valence-electron chi connectivity index (χ2n) is 7.82. The summed E-state index contributed by atoms with van der Waals surface area (Å²) < 4.78 is 104. The van der Waals surface area contributed by atoms with E-state index in [1.807, 2.05) is 0 Å². The lowest BCUT2D eigenvalue weighted by Gasteiger charge is -2.26. The topological polar surface area (TPSA) is 66.8 Å². The van der Waals surface area contributed by atoms with Gasteiger partial charge in [0.05, 0.1) is 28.7 Å². The van der Waals surface area contributed by atoms with Crippen LogP contribution >= 0.6 is 11.8 Å². The highest BCUT2D eigenvalue weighted by Crippen LogP contribution is 2.44. The minimum atomic E-state index is -5.06. The van der Waals surface area contributed by atoms with E-state index < -0.39 is 62.0 Å². The van der Waals surface area contributed by atoms with E-state index in [2.05, 4.69) is 4.99 Å². The molecule has 0 radical (unpaired) electrons. The second kappa shape index (κ2) is 7.98. The molecule has 2 fully saturated rings. The largest absolute Gasteiger partial charge is 0.416 e. The van der Waals surface area contributed by atoms with Crippen LogP contribution in [0.5, 0.6) is 0 Å². The first-order chi connectivity index (χ1) is 14.1. The Labute approximate surface area is 178 Å². The van der Waals surface area contributed by atoms with Gasteiger partial charge in [-0.25, -0.2) is 8.42 Å². The summed E-state index contributed by atoms with van der Waals surface area (Å²) in [5.41, 5.74) is -3.56. The maximum Gasteiger partial charge on any atom is 0.416 e. The first kappa shape index (κ1) is 23.9. The van der Waals surface area contributed by atoms with Gasteiger partial charge in [-0.15, -0.1) is 0 Å². The maximum atomic E-state index is 13.3. The number of aliphatic imine (C=N–C) groups is 1. The Kier molecular flexibility index (Phi) is 6.15. The van der Waals surface area contributed by atoms with E-state index >= 15 is 0 Å². The highest BCUT2D eigenvalue weighted by Gasteiger charge is 2.50. The van der Waals surface area contributed by atoms with Crippen LogP contribution in [0.4, 0.5) is 32.0 Å². The number of hydrogen-bond donors (Lipinski definition) is 0. The highest BCUT2D eigenvalue weighted by molar-refractivity contribution is 8.16. The van der Waals surface area contributed by atoms with Crippen LogP contribution in [-0.2, 0) is 27.0 Å². The maximum absolute atomic E-state index is 13.3. The molecule has 172 valence electrons. The van der Waals surface area contributed by atoms with Crippen molar-refractivity contribution < 1.29 is 39.6 Å². The van der Waals surface area contributed by atoms with Crippen LogP contribution in [0.3, 0.4) is 0 Å². The molecule has 5 nitrogen and oxygen atoms in total. The molecule has 13 heteroatoms. The number of benzene rings is 1. The van der Waals surface area contributed by atoms with Crippen LogP contribution < -0.4 is 4.90 Å². The summed E-state index contributed by atoms with van der Waals surface area (Å²) in [6.45, 7) is 3.50. The lowest BCUT2D eigenvalue weighted by Crippen LogP contribution is -2.38. The third-order valence-corrected chi connectivity index (χ3v) is 7.93. The molecule has 2 saturated heterocycles. The Morgan fingerprint density at radius 1 is 1.10 bits per heavy atom. The Bertz CT molecular complexity index is 986. The minimum Gasteiger partial charge on any atom is -0.316 e. The molecular formula is C18H18F6N2O3S2. The van der Waals surface area contributed by atoms with Gasteiger partial charge in [-0.2, -0.15) is 31.3 Å². The number of amides is 1. The fourth-order valence-electron chi connectivity index (χ4n) is 3.45. The zero-order valence-corrected chi connectivity index (χ0v) is 17.9. The summed E-state index contributed by atoms with van der Waals surface area (Å²) in [5.74, 6) is -1.42. The zero-order valence-electron chi connectivity index (χ0n) is 16.3. The van der Waals surface area contributed by atoms with Crippen LogP contribution in [-0.4, -0.2) is 42.3 Å². The van der Waals surface area contributed by atoms with E-state index in [9.17, 15) is 39.6 Å². The van der Waals surface area contributed by atoms with Gasteiger partial charge in [0.2, 0.25) is 5.91 Å². The summed E-state index contributed by atoms with van der Waals surface area (Å²) >= 11 is 0.882. The number of thioether (sulfide) groups is 1. The van der Waals surface area contributed by atoms with Crippen molar-refractivity contribution in [1.82, 2.24) is 0 Å². The molecule has 0 saturated carbocycles. The number of fused-ring (bicyclic) bond motifs is 1. The van der Waals surface area contributed by atoms with Gasteiger partial charge in [-0.1, -0.05) is 25.6 Å². The molecule has 0 aromatic heterocycles. The number of amidine groups is 1. The first-order valence-corrected chi connectivity index (χ1v) is 11.8. The number of hydrogen-bond acceptors (Lipinski definition) is 4. The summed E-state index contributed by atoms with van der Waals surface area (Å²) in [6, 6.07) is 0.109. The van der Waals surface area contributed by atoms with E-state index in [1.54, 1.807) is 13.8 Å². The third-order valence-electron chi connectivity index (χ3n) is 4.72. The van der Waals surface area contributed by atoms with Gasteiger partial charge < -0.3 is 4.90 Å². The predicted molar refractivity (Wildman–Crippen MR) is 105 cm³/mol. The van der Waals surface area contributed by atoms with Crippen molar-refractivity contribution in [3.05, 3.63) is 29.3 Å². The smallest absolute Gasteiger partial charge is 0.316 e. The van der Waals surface area contributed by atoms with E-state index in [-0.39, 0.29) is 29.3 Å². The van der Waals surface area contributed by atoms with Gasteiger partial charge in [0, 0.05) is 17.4 Å². The van der Waals surface area contributed by atoms with E-state index in [0.717, 1.165) is 16.7 Å². The zero-order chi connectivity index (χ0) is 23.4. The predicted octanol–water partition coefficient (Wildman–Crippen LogP) is 4.37. The van der Waals surface area contributed by atoms with E-state index in [0.29, 0.717) is 12.1 Å². The van der Waals surface area contributed by atoms with Crippen molar-refractivity contribution in [3.63, 3.8) is 0 Å². The standard InChI is InChI=1S/C18H18F6N2O3S2/c1-9(2)3-15(27)25-16-26(13-7-31(28,29)8-14(13)30-16)12-5-10(17(19,20)21)4-11(6-12)18(22,23)24/h4-6,9,13-14H,3,7-8H2,1-2H3/t13-,14+/m1/s1. The minimum absolute atomic E-state index is 0.00365. The SMILES string of the molecule is CC(C)CC(=O)N=C1S[C@H]2CS(=O)(=O)C[C@H]2N1c1cc(C(F)(F)F)cc(C(F)(F)F)c1. The molecule has 0 unspecified atom stereocenters. The molecule has 31 heavy (non-hydrogen) atoms. The molecule has 0 bridgehead atoms. The molecule has 2 heterocycles. The van der Waals surface area contributed by atoms with Crippen molar-refractivity contribution in [2.24, 2.45) is 10.9 Å².